The van der Waals surface area contributed by atoms with Gasteiger partial charge in [-0.3, -0.25) is 9.36 Å². The van der Waals surface area contributed by atoms with E-state index in [9.17, 15) is 4.79 Å². The SMILES string of the molecule is Cn1c(N2CCCC2)nc2ccccc2c1=O. The van der Waals surface area contributed by atoms with E-state index in [4.69, 9.17) is 0 Å². The summed E-state index contributed by atoms with van der Waals surface area (Å²) < 4.78 is 1.66. The molecule has 0 aliphatic carbocycles. The lowest BCUT2D eigenvalue weighted by Gasteiger charge is -2.19. The van der Waals surface area contributed by atoms with Crippen LogP contribution < -0.4 is 10.5 Å². The second kappa shape index (κ2) is 3.87. The molecule has 3 rings (SSSR count). The van der Waals surface area contributed by atoms with Gasteiger partial charge < -0.3 is 4.90 Å². The maximum Gasteiger partial charge on any atom is 0.262 e. The first-order chi connectivity index (χ1) is 8.27. The number of aromatic nitrogens is 2. The zero-order valence-corrected chi connectivity index (χ0v) is 9.89. The molecule has 2 aromatic rings. The molecule has 4 heteroatoms. The summed E-state index contributed by atoms with van der Waals surface area (Å²) in [6.45, 7) is 2.00. The maximum absolute atomic E-state index is 12.2. The first-order valence-electron chi connectivity index (χ1n) is 5.98. The smallest absolute Gasteiger partial charge is 0.262 e. The molecule has 0 unspecified atom stereocenters. The van der Waals surface area contributed by atoms with Crippen LogP contribution in [0.1, 0.15) is 12.8 Å². The van der Waals surface area contributed by atoms with Crippen molar-refractivity contribution in [1.82, 2.24) is 9.55 Å². The summed E-state index contributed by atoms with van der Waals surface area (Å²) in [5, 5.41) is 0.693. The number of nitrogens with zero attached hydrogens (tertiary/aromatic N) is 3. The highest BCUT2D eigenvalue weighted by Crippen LogP contribution is 2.18. The van der Waals surface area contributed by atoms with Crippen molar-refractivity contribution in [1.29, 1.82) is 0 Å². The third-order valence-corrected chi connectivity index (χ3v) is 3.35. The minimum Gasteiger partial charge on any atom is -0.342 e. The molecule has 0 radical (unpaired) electrons. The van der Waals surface area contributed by atoms with E-state index in [-0.39, 0.29) is 5.56 Å². The lowest BCUT2D eigenvalue weighted by Crippen LogP contribution is -2.29. The molecule has 0 atom stereocenters. The van der Waals surface area contributed by atoms with Gasteiger partial charge in [-0.15, -0.1) is 0 Å². The molecule has 0 saturated carbocycles. The Morgan fingerprint density at radius 2 is 1.88 bits per heavy atom. The molecule has 17 heavy (non-hydrogen) atoms. The van der Waals surface area contributed by atoms with Crippen molar-refractivity contribution >= 4 is 16.9 Å². The standard InChI is InChI=1S/C13H15N3O/c1-15-12(17)10-6-2-3-7-11(10)14-13(15)16-8-4-5-9-16/h2-3,6-7H,4-5,8-9H2,1H3. The topological polar surface area (TPSA) is 38.1 Å². The fourth-order valence-corrected chi connectivity index (χ4v) is 2.41. The van der Waals surface area contributed by atoms with E-state index in [2.05, 4.69) is 9.88 Å². The molecule has 1 aromatic carbocycles. The molecule has 1 aliphatic heterocycles. The first kappa shape index (κ1) is 10.3. The van der Waals surface area contributed by atoms with E-state index in [1.165, 1.54) is 12.8 Å². The van der Waals surface area contributed by atoms with Gasteiger partial charge in [-0.1, -0.05) is 12.1 Å². The molecule has 1 saturated heterocycles. The maximum atomic E-state index is 12.2. The monoisotopic (exact) mass is 229 g/mol. The predicted octanol–water partition coefficient (Wildman–Crippen LogP) is 1.53. The van der Waals surface area contributed by atoms with Crippen molar-refractivity contribution in [3.63, 3.8) is 0 Å². The second-order valence-electron chi connectivity index (χ2n) is 4.49. The molecule has 88 valence electrons. The third-order valence-electron chi connectivity index (χ3n) is 3.35. The van der Waals surface area contributed by atoms with Gasteiger partial charge in [-0.2, -0.15) is 0 Å². The van der Waals surface area contributed by atoms with Gasteiger partial charge in [-0.05, 0) is 25.0 Å². The number of hydrogen-bond donors (Lipinski definition) is 0. The largest absolute Gasteiger partial charge is 0.342 e. The summed E-state index contributed by atoms with van der Waals surface area (Å²) in [5.74, 6) is 0.797. The van der Waals surface area contributed by atoms with Crippen LogP contribution in [0, 0.1) is 0 Å². The zero-order valence-electron chi connectivity index (χ0n) is 9.89. The number of anilines is 1. The van der Waals surface area contributed by atoms with Gasteiger partial charge in [0.2, 0.25) is 5.95 Å². The Balaban J connectivity index is 2.25. The highest BCUT2D eigenvalue weighted by molar-refractivity contribution is 5.78. The normalized spacial score (nSPS) is 15.7. The van der Waals surface area contributed by atoms with Gasteiger partial charge in [0.25, 0.3) is 5.56 Å². The van der Waals surface area contributed by atoms with Crippen molar-refractivity contribution in [3.8, 4) is 0 Å². The average molecular weight is 229 g/mol. The Hall–Kier alpha value is -1.84. The van der Waals surface area contributed by atoms with Gasteiger partial charge in [0.15, 0.2) is 0 Å². The number of hydrogen-bond acceptors (Lipinski definition) is 3. The van der Waals surface area contributed by atoms with E-state index in [1.54, 1.807) is 11.6 Å². The predicted molar refractivity (Wildman–Crippen MR) is 68.4 cm³/mol. The van der Waals surface area contributed by atoms with Crippen molar-refractivity contribution in [3.05, 3.63) is 34.6 Å². The van der Waals surface area contributed by atoms with Crippen molar-refractivity contribution in [2.75, 3.05) is 18.0 Å². The van der Waals surface area contributed by atoms with E-state index in [0.29, 0.717) is 5.39 Å². The molecule has 0 bridgehead atoms. The molecule has 0 amide bonds. The number of fused-ring (bicyclic) bond motifs is 1. The van der Waals surface area contributed by atoms with Crippen LogP contribution in [-0.2, 0) is 7.05 Å². The van der Waals surface area contributed by atoms with Gasteiger partial charge in [0.1, 0.15) is 0 Å². The number of rotatable bonds is 1. The van der Waals surface area contributed by atoms with Crippen molar-refractivity contribution in [2.24, 2.45) is 7.05 Å². The van der Waals surface area contributed by atoms with Crippen LogP contribution in [0.4, 0.5) is 5.95 Å². The molecular weight excluding hydrogens is 214 g/mol. The molecular formula is C13H15N3O. The number of para-hydroxylation sites is 1. The lowest BCUT2D eigenvalue weighted by atomic mass is 10.2. The molecule has 1 fully saturated rings. The summed E-state index contributed by atoms with van der Waals surface area (Å²) in [5.41, 5.74) is 0.829. The summed E-state index contributed by atoms with van der Waals surface area (Å²) in [6.07, 6.45) is 2.37. The fourth-order valence-electron chi connectivity index (χ4n) is 2.41. The molecule has 0 N–H and O–H groups in total. The van der Waals surface area contributed by atoms with Crippen LogP contribution in [-0.4, -0.2) is 22.6 Å². The van der Waals surface area contributed by atoms with Crippen molar-refractivity contribution in [2.45, 2.75) is 12.8 Å². The Morgan fingerprint density at radius 1 is 1.18 bits per heavy atom. The molecule has 1 aliphatic rings. The van der Waals surface area contributed by atoms with Gasteiger partial charge >= 0.3 is 0 Å². The molecule has 1 aromatic heterocycles. The second-order valence-corrected chi connectivity index (χ2v) is 4.49. The molecule has 2 heterocycles. The van der Waals surface area contributed by atoms with E-state index in [1.807, 2.05) is 24.3 Å². The molecule has 0 spiro atoms. The summed E-state index contributed by atoms with van der Waals surface area (Å²) in [4.78, 5) is 19.0. The van der Waals surface area contributed by atoms with E-state index < -0.39 is 0 Å². The minimum absolute atomic E-state index is 0.0394. The van der Waals surface area contributed by atoms with Crippen LogP contribution in [0.3, 0.4) is 0 Å². The van der Waals surface area contributed by atoms with Crippen molar-refractivity contribution < 1.29 is 0 Å². The van der Waals surface area contributed by atoms with Crippen LogP contribution >= 0.6 is 0 Å². The van der Waals surface area contributed by atoms with Gasteiger partial charge in [0, 0.05) is 20.1 Å². The first-order valence-corrected chi connectivity index (χ1v) is 5.98. The quantitative estimate of drug-likeness (QED) is 0.744. The lowest BCUT2D eigenvalue weighted by molar-refractivity contribution is 0.778. The average Bonchev–Trinajstić information content (AvgIpc) is 2.87. The Morgan fingerprint density at radius 3 is 2.65 bits per heavy atom. The zero-order chi connectivity index (χ0) is 11.8. The van der Waals surface area contributed by atoms with Gasteiger partial charge in [-0.25, -0.2) is 4.98 Å². The van der Waals surface area contributed by atoms with E-state index in [0.717, 1.165) is 24.6 Å². The Labute approximate surface area is 99.5 Å². The number of benzene rings is 1. The Bertz CT molecular complexity index is 612. The fraction of sp³-hybridized carbons (Fsp3) is 0.385. The minimum atomic E-state index is 0.0394. The van der Waals surface area contributed by atoms with Crippen LogP contribution in [0.5, 0.6) is 0 Å². The Kier molecular flexibility index (Phi) is 2.35. The van der Waals surface area contributed by atoms with Crippen LogP contribution in [0.25, 0.3) is 10.9 Å². The third kappa shape index (κ3) is 1.60. The summed E-state index contributed by atoms with van der Waals surface area (Å²) >= 11 is 0. The molecule has 4 nitrogen and oxygen atoms in total. The summed E-state index contributed by atoms with van der Waals surface area (Å²) in [6, 6.07) is 7.53. The van der Waals surface area contributed by atoms with Crippen LogP contribution in [0.15, 0.2) is 29.1 Å². The van der Waals surface area contributed by atoms with Gasteiger partial charge in [0.05, 0.1) is 10.9 Å². The van der Waals surface area contributed by atoms with Crippen LogP contribution in [0.2, 0.25) is 0 Å². The van der Waals surface area contributed by atoms with E-state index >= 15 is 0 Å². The summed E-state index contributed by atoms with van der Waals surface area (Å²) in [7, 11) is 1.80. The highest BCUT2D eigenvalue weighted by atomic mass is 16.1. The highest BCUT2D eigenvalue weighted by Gasteiger charge is 2.17.